The number of halogens is 8. The summed E-state index contributed by atoms with van der Waals surface area (Å²) in [5.74, 6) is -2.83. The standard InChI is InChI=1S/C19H18F8N2O12S/c1-3-10-4-13(42(23,24,25,26)27)5-11-6-14(16(19(20,21)22)41-15(10)11)17(30)38-9(2)39-18(31)40-12(7-36-28(32)33)8-37-29(34)35/h4-6,9,12,16H,3,7-8H2,1-2H3. The quantitative estimate of drug-likeness (QED) is 0.0922. The van der Waals surface area contributed by atoms with Gasteiger partial charge in [-0.3, -0.25) is 0 Å². The summed E-state index contributed by atoms with van der Waals surface area (Å²) in [7, 11) is -10.3. The third-order valence-electron chi connectivity index (χ3n) is 4.89. The monoisotopic (exact) mass is 650 g/mol. The van der Waals surface area contributed by atoms with Crippen LogP contribution in [0.25, 0.3) is 6.08 Å². The summed E-state index contributed by atoms with van der Waals surface area (Å²) in [6.07, 6.45) is -14.7. The van der Waals surface area contributed by atoms with Crippen molar-refractivity contribution in [3.05, 3.63) is 49.1 Å². The first-order chi connectivity index (χ1) is 18.9. The maximum Gasteiger partial charge on any atom is 0.511 e. The number of alkyl halides is 3. The number of esters is 1. The summed E-state index contributed by atoms with van der Waals surface area (Å²) < 4.78 is 127. The van der Waals surface area contributed by atoms with Crippen molar-refractivity contribution >= 4 is 28.4 Å². The van der Waals surface area contributed by atoms with E-state index in [1.54, 1.807) is 0 Å². The summed E-state index contributed by atoms with van der Waals surface area (Å²) in [6, 6.07) is -0.263. The maximum absolute atomic E-state index is 13.7. The molecule has 2 rings (SSSR count). The Kier molecular flexibility index (Phi) is 9.01. The zero-order valence-corrected chi connectivity index (χ0v) is 21.6. The zero-order chi connectivity index (χ0) is 32.3. The molecule has 0 aromatic heterocycles. The number of carbonyl (C=O) groups is 2. The van der Waals surface area contributed by atoms with E-state index >= 15 is 0 Å². The van der Waals surface area contributed by atoms with Gasteiger partial charge >= 0.3 is 28.5 Å². The third-order valence-corrected chi connectivity index (χ3v) is 6.01. The van der Waals surface area contributed by atoms with Crippen LogP contribution in [-0.2, 0) is 35.1 Å². The molecule has 1 aromatic rings. The van der Waals surface area contributed by atoms with Gasteiger partial charge in [0.05, 0.1) is 5.57 Å². The smallest absolute Gasteiger partial charge is 0.475 e. The fourth-order valence-corrected chi connectivity index (χ4v) is 3.91. The van der Waals surface area contributed by atoms with Gasteiger partial charge in [-0.25, -0.2) is 9.59 Å². The first-order valence-corrected chi connectivity index (χ1v) is 12.8. The molecule has 23 heteroatoms. The second kappa shape index (κ2) is 11.2. The molecule has 0 spiro atoms. The van der Waals surface area contributed by atoms with Crippen molar-refractivity contribution in [2.45, 2.75) is 49.8 Å². The van der Waals surface area contributed by atoms with Gasteiger partial charge in [0.25, 0.3) is 10.2 Å². The maximum atomic E-state index is 13.7. The SMILES string of the molecule is CCc1cc(S(F)(F)(F)(F)F)cc2c1OC(C(F)(F)F)C(C(=O)OC(C)OC(=O)OC(CO[N+](=O)[O-])CO[N+](=O)[O-])=C2. The summed E-state index contributed by atoms with van der Waals surface area (Å²) in [6.45, 7) is -0.333. The predicted molar refractivity (Wildman–Crippen MR) is 118 cm³/mol. The fourth-order valence-electron chi connectivity index (χ4n) is 3.20. The second-order valence-electron chi connectivity index (χ2n) is 8.08. The van der Waals surface area contributed by atoms with Crippen LogP contribution in [0.2, 0.25) is 0 Å². The topological polar surface area (TPSA) is 176 Å². The van der Waals surface area contributed by atoms with Crippen molar-refractivity contribution in [2.24, 2.45) is 0 Å². The Morgan fingerprint density at radius 2 is 1.55 bits per heavy atom. The summed E-state index contributed by atoms with van der Waals surface area (Å²) in [5.41, 5.74) is -3.15. The van der Waals surface area contributed by atoms with E-state index in [1.165, 1.54) is 0 Å². The Morgan fingerprint density at radius 1 is 1.00 bits per heavy atom. The van der Waals surface area contributed by atoms with Crippen molar-refractivity contribution in [2.75, 3.05) is 13.2 Å². The van der Waals surface area contributed by atoms with Crippen LogP contribution in [0.5, 0.6) is 5.75 Å². The number of hydrogen-bond acceptors (Lipinski definition) is 12. The van der Waals surface area contributed by atoms with E-state index in [9.17, 15) is 62.4 Å². The van der Waals surface area contributed by atoms with Gasteiger partial charge in [-0.05, 0) is 30.2 Å². The Labute approximate surface area is 227 Å². The Balaban J connectivity index is 2.32. The van der Waals surface area contributed by atoms with Gasteiger partial charge in [0.1, 0.15) is 23.9 Å². The molecule has 0 N–H and O–H groups in total. The van der Waals surface area contributed by atoms with Crippen molar-refractivity contribution < 1.29 is 81.0 Å². The normalized spacial score (nSPS) is 17.3. The van der Waals surface area contributed by atoms with Crippen molar-refractivity contribution in [3.8, 4) is 5.75 Å². The van der Waals surface area contributed by atoms with Crippen LogP contribution in [0.3, 0.4) is 0 Å². The number of fused-ring (bicyclic) bond motifs is 1. The van der Waals surface area contributed by atoms with Crippen LogP contribution in [0.15, 0.2) is 22.6 Å². The first kappa shape index (κ1) is 33.9. The third kappa shape index (κ3) is 9.37. The highest BCUT2D eigenvalue weighted by Crippen LogP contribution is 3.02. The van der Waals surface area contributed by atoms with Gasteiger partial charge in [-0.2, -0.15) is 13.2 Å². The van der Waals surface area contributed by atoms with Gasteiger partial charge in [0, 0.05) is 12.5 Å². The molecule has 238 valence electrons. The number of nitrogens with zero attached hydrogens (tertiary/aromatic N) is 2. The number of rotatable bonds is 12. The van der Waals surface area contributed by atoms with Crippen LogP contribution in [0.1, 0.15) is 25.0 Å². The number of aryl methyl sites for hydroxylation is 1. The van der Waals surface area contributed by atoms with Crippen LogP contribution < -0.4 is 4.74 Å². The Bertz CT molecular complexity index is 1270. The average molecular weight is 650 g/mol. The molecule has 14 nitrogen and oxygen atoms in total. The number of hydrogen-bond donors (Lipinski definition) is 0. The molecule has 0 radical (unpaired) electrons. The van der Waals surface area contributed by atoms with E-state index < -0.39 is 104 Å². The van der Waals surface area contributed by atoms with Crippen LogP contribution in [0.4, 0.5) is 37.4 Å². The highest BCUT2D eigenvalue weighted by Gasteiger charge is 2.66. The molecule has 2 unspecified atom stereocenters. The molecule has 0 amide bonds. The lowest BCUT2D eigenvalue weighted by Gasteiger charge is -2.41. The lowest BCUT2D eigenvalue weighted by atomic mass is 9.98. The van der Waals surface area contributed by atoms with Crippen molar-refractivity contribution in [1.82, 2.24) is 0 Å². The minimum Gasteiger partial charge on any atom is -0.475 e. The van der Waals surface area contributed by atoms with Gasteiger partial charge < -0.3 is 28.6 Å². The number of carbonyl (C=O) groups excluding carboxylic acids is 2. The molecule has 0 fully saturated rings. The predicted octanol–water partition coefficient (Wildman–Crippen LogP) is 5.44. The van der Waals surface area contributed by atoms with E-state index in [4.69, 9.17) is 4.74 Å². The Hall–Kier alpha value is -4.31. The van der Waals surface area contributed by atoms with Gasteiger partial charge in [-0.1, -0.05) is 26.4 Å². The van der Waals surface area contributed by atoms with E-state index in [1.807, 2.05) is 0 Å². The first-order valence-electron chi connectivity index (χ1n) is 10.9. The summed E-state index contributed by atoms with van der Waals surface area (Å²) in [5, 5.41) is 17.8. The van der Waals surface area contributed by atoms with E-state index in [0.29, 0.717) is 0 Å². The van der Waals surface area contributed by atoms with Gasteiger partial charge in [0.15, 0.2) is 6.10 Å². The second-order valence-corrected chi connectivity index (χ2v) is 10.5. The molecule has 0 saturated carbocycles. The van der Waals surface area contributed by atoms with Crippen molar-refractivity contribution in [3.63, 3.8) is 0 Å². The average Bonchev–Trinajstić information content (AvgIpc) is 2.81. The number of ether oxygens (including phenoxy) is 4. The molecular formula is C19H18F8N2O12S. The van der Waals surface area contributed by atoms with E-state index in [2.05, 4.69) is 23.9 Å². The fraction of sp³-hybridized carbons (Fsp3) is 0.474. The lowest BCUT2D eigenvalue weighted by Crippen LogP contribution is -2.42. The van der Waals surface area contributed by atoms with Gasteiger partial charge in [0.2, 0.25) is 12.4 Å². The van der Waals surface area contributed by atoms with E-state index in [-0.39, 0.29) is 18.2 Å². The minimum absolute atomic E-state index is 0.0623. The molecule has 42 heavy (non-hydrogen) atoms. The minimum atomic E-state index is -10.3. The molecule has 2 atom stereocenters. The molecular weight excluding hydrogens is 632 g/mol. The molecule has 1 aliphatic rings. The highest BCUT2D eigenvalue weighted by molar-refractivity contribution is 8.45. The van der Waals surface area contributed by atoms with Crippen LogP contribution >= 0.6 is 10.2 Å². The van der Waals surface area contributed by atoms with Gasteiger partial charge in [-0.15, -0.1) is 20.2 Å². The number of benzene rings is 1. The summed E-state index contributed by atoms with van der Waals surface area (Å²) >= 11 is 0. The van der Waals surface area contributed by atoms with E-state index in [0.717, 1.165) is 13.8 Å². The zero-order valence-electron chi connectivity index (χ0n) is 20.8. The summed E-state index contributed by atoms with van der Waals surface area (Å²) in [4.78, 5) is 50.3. The lowest BCUT2D eigenvalue weighted by molar-refractivity contribution is -0.768. The van der Waals surface area contributed by atoms with Crippen LogP contribution in [0, 0.1) is 20.2 Å². The molecule has 1 aromatic carbocycles. The molecule has 1 aliphatic heterocycles. The van der Waals surface area contributed by atoms with Crippen molar-refractivity contribution in [1.29, 1.82) is 0 Å². The van der Waals surface area contributed by atoms with Crippen LogP contribution in [-0.4, -0.2) is 60.2 Å². The highest BCUT2D eigenvalue weighted by atomic mass is 32.5. The molecule has 0 saturated heterocycles. The molecule has 0 aliphatic carbocycles. The molecule has 1 heterocycles. The molecule has 0 bridgehead atoms. The Morgan fingerprint density at radius 3 is 2.00 bits per heavy atom. The largest absolute Gasteiger partial charge is 0.511 e.